The van der Waals surface area contributed by atoms with Crippen LogP contribution in [0, 0.1) is 6.92 Å². The minimum Gasteiger partial charge on any atom is -0.368 e. The Morgan fingerprint density at radius 1 is 1.56 bits per heavy atom. The molecule has 1 amide bonds. The van der Waals surface area contributed by atoms with Gasteiger partial charge < -0.3 is 10.6 Å². The molecule has 2 heterocycles. The van der Waals surface area contributed by atoms with Crippen LogP contribution < -0.4 is 16.0 Å². The molecular formula is C13H18N4O. The fraction of sp³-hybridized carbons (Fsp3) is 0.385. The lowest BCUT2D eigenvalue weighted by Gasteiger charge is -2.11. The number of aryl methyl sites for hydroxylation is 1. The van der Waals surface area contributed by atoms with Gasteiger partial charge in [-0.2, -0.15) is 0 Å². The third kappa shape index (κ3) is 3.30. The molecule has 0 saturated carbocycles. The maximum absolute atomic E-state index is 11.7. The van der Waals surface area contributed by atoms with E-state index < -0.39 is 0 Å². The van der Waals surface area contributed by atoms with Gasteiger partial charge in [0.25, 0.3) is 0 Å². The van der Waals surface area contributed by atoms with Crippen molar-refractivity contribution in [3.8, 4) is 0 Å². The van der Waals surface area contributed by atoms with Crippen LogP contribution in [0.3, 0.4) is 0 Å². The topological polar surface area (TPSA) is 66.0 Å². The lowest BCUT2D eigenvalue weighted by Crippen LogP contribution is -2.42. The molecule has 0 fully saturated rings. The van der Waals surface area contributed by atoms with Crippen LogP contribution in [-0.2, 0) is 4.79 Å². The molecule has 0 aliphatic carbocycles. The Morgan fingerprint density at radius 3 is 3.17 bits per heavy atom. The summed E-state index contributed by atoms with van der Waals surface area (Å²) in [5.74, 6) is 0.883. The molecule has 1 aromatic rings. The number of hydrogen-bond donors (Lipinski definition) is 3. The van der Waals surface area contributed by atoms with Gasteiger partial charge in [-0.3, -0.25) is 10.1 Å². The molecule has 96 valence electrons. The molecule has 5 heteroatoms. The van der Waals surface area contributed by atoms with E-state index in [-0.39, 0.29) is 11.9 Å². The summed E-state index contributed by atoms with van der Waals surface area (Å²) in [6.45, 7) is 4.02. The molecular weight excluding hydrogens is 228 g/mol. The number of nitrogens with one attached hydrogen (secondary N) is 3. The van der Waals surface area contributed by atoms with Crippen LogP contribution in [0.5, 0.6) is 0 Å². The van der Waals surface area contributed by atoms with E-state index in [2.05, 4.69) is 20.9 Å². The predicted octanol–water partition coefficient (Wildman–Crippen LogP) is 0.446. The standard InChI is InChI=1S/C13H18N4O/c1-10-4-2-7-15-12(10)16-8-9-17-13(18)11-5-3-6-14-11/h2-5,7,11,14H,6,8-9H2,1H3,(H,15,16)(H,17,18). The quantitative estimate of drug-likeness (QED) is 0.521. The summed E-state index contributed by atoms with van der Waals surface area (Å²) in [6, 6.07) is 3.73. The van der Waals surface area contributed by atoms with Gasteiger partial charge in [0.05, 0.1) is 0 Å². The van der Waals surface area contributed by atoms with E-state index >= 15 is 0 Å². The van der Waals surface area contributed by atoms with Gasteiger partial charge in [0.15, 0.2) is 0 Å². The maximum Gasteiger partial charge on any atom is 0.241 e. The number of aromatic nitrogens is 1. The molecule has 0 spiro atoms. The van der Waals surface area contributed by atoms with Crippen molar-refractivity contribution in [2.45, 2.75) is 13.0 Å². The van der Waals surface area contributed by atoms with E-state index in [0.29, 0.717) is 13.1 Å². The third-order valence-electron chi connectivity index (χ3n) is 2.79. The van der Waals surface area contributed by atoms with E-state index in [1.165, 1.54) is 0 Å². The van der Waals surface area contributed by atoms with Crippen LogP contribution in [0.15, 0.2) is 30.5 Å². The average molecular weight is 246 g/mol. The molecule has 0 aromatic carbocycles. The average Bonchev–Trinajstić information content (AvgIpc) is 2.90. The van der Waals surface area contributed by atoms with Crippen molar-refractivity contribution in [3.63, 3.8) is 0 Å². The molecule has 0 radical (unpaired) electrons. The van der Waals surface area contributed by atoms with Crippen molar-refractivity contribution < 1.29 is 4.79 Å². The summed E-state index contributed by atoms with van der Waals surface area (Å²) in [5, 5.41) is 9.13. The van der Waals surface area contributed by atoms with Crippen molar-refractivity contribution in [1.29, 1.82) is 0 Å². The molecule has 0 saturated heterocycles. The number of carbonyl (C=O) groups is 1. The van der Waals surface area contributed by atoms with Crippen LogP contribution in [0.4, 0.5) is 5.82 Å². The van der Waals surface area contributed by atoms with Gasteiger partial charge in [-0.25, -0.2) is 4.98 Å². The zero-order valence-electron chi connectivity index (χ0n) is 10.4. The Hall–Kier alpha value is -1.88. The van der Waals surface area contributed by atoms with Crippen molar-refractivity contribution in [3.05, 3.63) is 36.0 Å². The molecule has 2 rings (SSSR count). The highest BCUT2D eigenvalue weighted by molar-refractivity contribution is 5.84. The molecule has 1 aromatic heterocycles. The highest BCUT2D eigenvalue weighted by Crippen LogP contribution is 2.07. The van der Waals surface area contributed by atoms with Crippen LogP contribution >= 0.6 is 0 Å². The summed E-state index contributed by atoms with van der Waals surface area (Å²) in [5.41, 5.74) is 1.10. The fourth-order valence-electron chi connectivity index (χ4n) is 1.79. The predicted molar refractivity (Wildman–Crippen MR) is 71.4 cm³/mol. The summed E-state index contributed by atoms with van der Waals surface area (Å²) >= 11 is 0. The minimum atomic E-state index is -0.179. The van der Waals surface area contributed by atoms with E-state index in [1.54, 1.807) is 6.20 Å². The van der Waals surface area contributed by atoms with E-state index in [9.17, 15) is 4.79 Å². The molecule has 1 aliphatic heterocycles. The maximum atomic E-state index is 11.7. The zero-order chi connectivity index (χ0) is 12.8. The number of nitrogens with zero attached hydrogens (tertiary/aromatic N) is 1. The van der Waals surface area contributed by atoms with Crippen molar-refractivity contribution in [2.24, 2.45) is 0 Å². The third-order valence-corrected chi connectivity index (χ3v) is 2.79. The largest absolute Gasteiger partial charge is 0.368 e. The highest BCUT2D eigenvalue weighted by atomic mass is 16.2. The summed E-state index contributed by atoms with van der Waals surface area (Å²) in [7, 11) is 0. The summed E-state index contributed by atoms with van der Waals surface area (Å²) in [6.07, 6.45) is 5.59. The second kappa shape index (κ2) is 6.16. The lowest BCUT2D eigenvalue weighted by molar-refractivity contribution is -0.121. The van der Waals surface area contributed by atoms with Gasteiger partial charge in [-0.1, -0.05) is 18.2 Å². The summed E-state index contributed by atoms with van der Waals surface area (Å²) in [4.78, 5) is 15.9. The van der Waals surface area contributed by atoms with Crippen LogP contribution in [-0.4, -0.2) is 36.6 Å². The molecule has 5 nitrogen and oxygen atoms in total. The molecule has 18 heavy (non-hydrogen) atoms. The number of amides is 1. The van der Waals surface area contributed by atoms with Gasteiger partial charge in [-0.05, 0) is 18.6 Å². The number of hydrogen-bond acceptors (Lipinski definition) is 4. The van der Waals surface area contributed by atoms with E-state index in [1.807, 2.05) is 31.2 Å². The van der Waals surface area contributed by atoms with Crippen LogP contribution in [0.25, 0.3) is 0 Å². The van der Waals surface area contributed by atoms with Crippen molar-refractivity contribution in [1.82, 2.24) is 15.6 Å². The Labute approximate surface area is 107 Å². The monoisotopic (exact) mass is 246 g/mol. The first kappa shape index (κ1) is 12.6. The molecule has 1 unspecified atom stereocenters. The molecule has 1 atom stereocenters. The Bertz CT molecular complexity index is 444. The SMILES string of the molecule is Cc1cccnc1NCCNC(=O)C1C=CCN1. The van der Waals surface area contributed by atoms with Crippen LogP contribution in [0.2, 0.25) is 0 Å². The second-order valence-electron chi connectivity index (χ2n) is 4.20. The van der Waals surface area contributed by atoms with Gasteiger partial charge in [0.1, 0.15) is 11.9 Å². The molecule has 3 N–H and O–H groups in total. The first-order valence-electron chi connectivity index (χ1n) is 6.10. The molecule has 1 aliphatic rings. The normalized spacial score (nSPS) is 17.7. The first-order chi connectivity index (χ1) is 8.77. The molecule has 0 bridgehead atoms. The van der Waals surface area contributed by atoms with Gasteiger partial charge >= 0.3 is 0 Å². The van der Waals surface area contributed by atoms with Crippen LogP contribution in [0.1, 0.15) is 5.56 Å². The zero-order valence-corrected chi connectivity index (χ0v) is 10.4. The van der Waals surface area contributed by atoms with E-state index in [0.717, 1.165) is 17.9 Å². The van der Waals surface area contributed by atoms with Crippen molar-refractivity contribution in [2.75, 3.05) is 25.0 Å². The lowest BCUT2D eigenvalue weighted by atomic mass is 10.3. The Balaban J connectivity index is 1.68. The van der Waals surface area contributed by atoms with Gasteiger partial charge in [-0.15, -0.1) is 0 Å². The van der Waals surface area contributed by atoms with E-state index in [4.69, 9.17) is 0 Å². The fourth-order valence-corrected chi connectivity index (χ4v) is 1.79. The Morgan fingerprint density at radius 2 is 2.44 bits per heavy atom. The highest BCUT2D eigenvalue weighted by Gasteiger charge is 2.16. The van der Waals surface area contributed by atoms with Gasteiger partial charge in [0, 0.05) is 25.8 Å². The number of pyridine rings is 1. The smallest absolute Gasteiger partial charge is 0.241 e. The number of rotatable bonds is 5. The number of anilines is 1. The minimum absolute atomic E-state index is 0.0169. The van der Waals surface area contributed by atoms with Crippen molar-refractivity contribution >= 4 is 11.7 Å². The van der Waals surface area contributed by atoms with Gasteiger partial charge in [0.2, 0.25) is 5.91 Å². The first-order valence-corrected chi connectivity index (χ1v) is 6.10. The number of carbonyl (C=O) groups excluding carboxylic acids is 1. The summed E-state index contributed by atoms with van der Waals surface area (Å²) < 4.78 is 0. The Kier molecular flexibility index (Phi) is 4.30. The second-order valence-corrected chi connectivity index (χ2v) is 4.20.